The third-order valence-electron chi connectivity index (χ3n) is 7.82. The van der Waals surface area contributed by atoms with Gasteiger partial charge in [-0.1, -0.05) is 75.4 Å². The number of benzene rings is 3. The molecule has 0 aliphatic heterocycles. The summed E-state index contributed by atoms with van der Waals surface area (Å²) in [5, 5.41) is 0.595. The van der Waals surface area contributed by atoms with Gasteiger partial charge in [-0.05, 0) is 95.2 Å². The van der Waals surface area contributed by atoms with Crippen LogP contribution in [-0.2, 0) is 26.6 Å². The van der Waals surface area contributed by atoms with Gasteiger partial charge in [-0.25, -0.2) is 16.8 Å². The Hall–Kier alpha value is -1.91. The lowest BCUT2D eigenvalue weighted by atomic mass is 10.0. The molecule has 1 fully saturated rings. The molecule has 6 nitrogen and oxygen atoms in total. The summed E-state index contributed by atoms with van der Waals surface area (Å²) in [5.74, 6) is 0.189. The molecule has 1 saturated carbocycles. The summed E-state index contributed by atoms with van der Waals surface area (Å²) in [6, 6.07) is 20.1. The minimum atomic E-state index is -3.97. The molecule has 0 radical (unpaired) electrons. The second-order valence-electron chi connectivity index (χ2n) is 10.6. The van der Waals surface area contributed by atoms with E-state index in [9.17, 15) is 16.8 Å². The van der Waals surface area contributed by atoms with Crippen molar-refractivity contribution in [2.75, 3.05) is 10.8 Å². The van der Waals surface area contributed by atoms with Gasteiger partial charge in [-0.3, -0.25) is 4.31 Å². The van der Waals surface area contributed by atoms with Gasteiger partial charge in [0.2, 0.25) is 10.0 Å². The van der Waals surface area contributed by atoms with Crippen molar-refractivity contribution >= 4 is 53.3 Å². The topological polar surface area (TPSA) is 74.8 Å². The van der Waals surface area contributed by atoms with Gasteiger partial charge in [0.15, 0.2) is 0 Å². The SMILES string of the molecule is CCCC(CC)CN(c1ccccc1Br)S(=O)(=O)c1ccc(S(=O)(=O)N(Cc2ccc(Cl)cc2)C2CCCC2)cc1. The van der Waals surface area contributed by atoms with E-state index in [-0.39, 0.29) is 28.3 Å². The summed E-state index contributed by atoms with van der Waals surface area (Å²) < 4.78 is 59.7. The van der Waals surface area contributed by atoms with Gasteiger partial charge in [-0.15, -0.1) is 0 Å². The first-order valence-electron chi connectivity index (χ1n) is 14.2. The van der Waals surface area contributed by atoms with E-state index in [1.165, 1.54) is 28.6 Å². The van der Waals surface area contributed by atoms with Crippen LogP contribution in [0.5, 0.6) is 0 Å². The van der Waals surface area contributed by atoms with Crippen LogP contribution in [0.15, 0.2) is 87.1 Å². The monoisotopic (exact) mass is 680 g/mol. The smallest absolute Gasteiger partial charge is 0.264 e. The first kappa shape index (κ1) is 32.0. The zero-order chi connectivity index (χ0) is 29.6. The van der Waals surface area contributed by atoms with Gasteiger partial charge in [0.1, 0.15) is 0 Å². The third-order valence-corrected chi connectivity index (χ3v) is 12.5. The number of hydrogen-bond acceptors (Lipinski definition) is 4. The molecule has 1 aliphatic rings. The number of anilines is 1. The molecular formula is C31H38BrClN2O4S2. The molecule has 4 rings (SSSR count). The van der Waals surface area contributed by atoms with Crippen LogP contribution < -0.4 is 4.31 Å². The highest BCUT2D eigenvalue weighted by atomic mass is 79.9. The molecule has 0 spiro atoms. The van der Waals surface area contributed by atoms with E-state index in [0.29, 0.717) is 21.7 Å². The molecule has 3 aromatic rings. The van der Waals surface area contributed by atoms with Crippen LogP contribution >= 0.6 is 27.5 Å². The molecule has 222 valence electrons. The molecule has 0 bridgehead atoms. The summed E-state index contributed by atoms with van der Waals surface area (Å²) in [6.45, 7) is 4.74. The lowest BCUT2D eigenvalue weighted by Crippen LogP contribution is -2.38. The molecule has 10 heteroatoms. The third kappa shape index (κ3) is 7.54. The Morgan fingerprint density at radius 2 is 1.44 bits per heavy atom. The van der Waals surface area contributed by atoms with Crippen LogP contribution in [0.1, 0.15) is 64.4 Å². The van der Waals surface area contributed by atoms with E-state index < -0.39 is 20.0 Å². The highest BCUT2D eigenvalue weighted by molar-refractivity contribution is 9.10. The Balaban J connectivity index is 1.67. The van der Waals surface area contributed by atoms with Crippen LogP contribution in [0.4, 0.5) is 5.69 Å². The Morgan fingerprint density at radius 1 is 0.854 bits per heavy atom. The van der Waals surface area contributed by atoms with Crippen molar-refractivity contribution in [1.82, 2.24) is 4.31 Å². The van der Waals surface area contributed by atoms with E-state index in [0.717, 1.165) is 50.5 Å². The normalized spacial score (nSPS) is 15.3. The fraction of sp³-hybridized carbons (Fsp3) is 0.419. The first-order valence-corrected chi connectivity index (χ1v) is 18.3. The number of rotatable bonds is 13. The Kier molecular flexibility index (Phi) is 11.0. The van der Waals surface area contributed by atoms with E-state index in [2.05, 4.69) is 29.8 Å². The van der Waals surface area contributed by atoms with Crippen LogP contribution in [0.2, 0.25) is 5.02 Å². The zero-order valence-electron chi connectivity index (χ0n) is 23.5. The fourth-order valence-electron chi connectivity index (χ4n) is 5.47. The van der Waals surface area contributed by atoms with Crippen molar-refractivity contribution in [3.63, 3.8) is 0 Å². The maximum atomic E-state index is 14.0. The Bertz CT molecular complexity index is 1510. The molecule has 0 amide bonds. The summed E-state index contributed by atoms with van der Waals surface area (Å²) in [4.78, 5) is 0.144. The summed E-state index contributed by atoms with van der Waals surface area (Å²) in [5.41, 5.74) is 1.42. The summed E-state index contributed by atoms with van der Waals surface area (Å²) in [7, 11) is -7.85. The molecule has 0 aromatic heterocycles. The van der Waals surface area contributed by atoms with Gasteiger partial charge < -0.3 is 0 Å². The Morgan fingerprint density at radius 3 is 2.00 bits per heavy atom. The molecule has 0 saturated heterocycles. The standard InChI is InChI=1S/C31H38BrClN2O4S2/c1-3-9-24(4-2)22-35(31-13-8-7-12-30(31)32)41(38,39)29-20-18-28(19-21-29)40(36,37)34(27-10-5-6-11-27)23-25-14-16-26(33)17-15-25/h7-8,12-21,24,27H,3-6,9-11,22-23H2,1-2H3. The van der Waals surface area contributed by atoms with Crippen molar-refractivity contribution in [1.29, 1.82) is 0 Å². The van der Waals surface area contributed by atoms with E-state index in [1.807, 2.05) is 30.3 Å². The van der Waals surface area contributed by atoms with E-state index in [4.69, 9.17) is 11.6 Å². The average Bonchev–Trinajstić information content (AvgIpc) is 3.50. The highest BCUT2D eigenvalue weighted by Crippen LogP contribution is 2.34. The van der Waals surface area contributed by atoms with Crippen molar-refractivity contribution in [3.05, 3.63) is 87.9 Å². The summed E-state index contributed by atoms with van der Waals surface area (Å²) >= 11 is 9.58. The zero-order valence-corrected chi connectivity index (χ0v) is 27.5. The minimum absolute atomic E-state index is 0.0590. The Labute approximate surface area is 258 Å². The van der Waals surface area contributed by atoms with Crippen LogP contribution in [0.3, 0.4) is 0 Å². The lowest BCUT2D eigenvalue weighted by Gasteiger charge is -2.30. The van der Waals surface area contributed by atoms with Crippen molar-refractivity contribution in [2.24, 2.45) is 5.92 Å². The molecule has 3 aromatic carbocycles. The molecule has 0 N–H and O–H groups in total. The number of halogens is 2. The summed E-state index contributed by atoms with van der Waals surface area (Å²) in [6.07, 6.45) is 6.29. The predicted octanol–water partition coefficient (Wildman–Crippen LogP) is 8.26. The quantitative estimate of drug-likeness (QED) is 0.182. The molecule has 1 atom stereocenters. The molecule has 1 aliphatic carbocycles. The van der Waals surface area contributed by atoms with Gasteiger partial charge in [-0.2, -0.15) is 4.31 Å². The largest absolute Gasteiger partial charge is 0.265 e. The predicted molar refractivity (Wildman–Crippen MR) is 170 cm³/mol. The fourth-order valence-corrected chi connectivity index (χ4v) is 9.44. The molecule has 0 heterocycles. The van der Waals surface area contributed by atoms with E-state index >= 15 is 0 Å². The maximum Gasteiger partial charge on any atom is 0.264 e. The van der Waals surface area contributed by atoms with Gasteiger partial charge >= 0.3 is 0 Å². The van der Waals surface area contributed by atoms with Crippen molar-refractivity contribution < 1.29 is 16.8 Å². The number of sulfonamides is 2. The number of nitrogens with zero attached hydrogens (tertiary/aromatic N) is 2. The first-order chi connectivity index (χ1) is 19.6. The van der Waals surface area contributed by atoms with Gasteiger partial charge in [0, 0.05) is 28.6 Å². The minimum Gasteiger partial charge on any atom is -0.265 e. The van der Waals surface area contributed by atoms with Crippen LogP contribution in [-0.4, -0.2) is 33.7 Å². The lowest BCUT2D eigenvalue weighted by molar-refractivity contribution is 0.316. The molecular weight excluding hydrogens is 644 g/mol. The number of hydrogen-bond donors (Lipinski definition) is 0. The van der Waals surface area contributed by atoms with Crippen LogP contribution in [0, 0.1) is 5.92 Å². The molecule has 1 unspecified atom stereocenters. The van der Waals surface area contributed by atoms with Gasteiger partial charge in [0.25, 0.3) is 10.0 Å². The van der Waals surface area contributed by atoms with Crippen molar-refractivity contribution in [3.8, 4) is 0 Å². The van der Waals surface area contributed by atoms with Crippen molar-refractivity contribution in [2.45, 2.75) is 81.2 Å². The maximum absolute atomic E-state index is 14.0. The van der Waals surface area contributed by atoms with E-state index in [1.54, 1.807) is 22.5 Å². The average molecular weight is 682 g/mol. The second-order valence-corrected chi connectivity index (χ2v) is 15.7. The molecule has 41 heavy (non-hydrogen) atoms. The number of para-hydroxylation sites is 1. The second kappa shape index (κ2) is 14.0. The van der Waals surface area contributed by atoms with Gasteiger partial charge in [0.05, 0.1) is 15.5 Å². The van der Waals surface area contributed by atoms with Crippen LogP contribution in [0.25, 0.3) is 0 Å². The highest BCUT2D eigenvalue weighted by Gasteiger charge is 2.34.